The largest absolute Gasteiger partial charge is 0.492 e. The number of halogens is 1. The van der Waals surface area contributed by atoms with Crippen molar-refractivity contribution >= 4 is 43.5 Å². The third kappa shape index (κ3) is 9.20. The van der Waals surface area contributed by atoms with E-state index in [1.165, 1.54) is 17.0 Å². The van der Waals surface area contributed by atoms with Crippen LogP contribution in [0.2, 0.25) is 0 Å². The van der Waals surface area contributed by atoms with Gasteiger partial charge in [0, 0.05) is 23.0 Å². The van der Waals surface area contributed by atoms with Gasteiger partial charge in [0.15, 0.2) is 0 Å². The summed E-state index contributed by atoms with van der Waals surface area (Å²) in [5, 5.41) is 3.05. The fraction of sp³-hybridized carbons (Fsp3) is 0.278. The SMILES string of the molecule is CCOc1ccccc1N(CC(=O)N(Cc1cccc(Br)c1)[C@H](Cc1ccccc1)C(=O)NC(C)(C)C)S(=O)(=O)c1ccccc1. The van der Waals surface area contributed by atoms with Gasteiger partial charge in [0.05, 0.1) is 17.2 Å². The Labute approximate surface area is 280 Å². The number of para-hydroxylation sites is 2. The fourth-order valence-electron chi connectivity index (χ4n) is 5.01. The number of hydrogen-bond donors (Lipinski definition) is 1. The van der Waals surface area contributed by atoms with E-state index < -0.39 is 34.1 Å². The van der Waals surface area contributed by atoms with Crippen molar-refractivity contribution in [3.63, 3.8) is 0 Å². The first-order chi connectivity index (χ1) is 21.9. The number of benzene rings is 4. The first-order valence-corrected chi connectivity index (χ1v) is 17.3. The number of sulfonamides is 1. The highest BCUT2D eigenvalue weighted by Gasteiger charge is 2.36. The van der Waals surface area contributed by atoms with E-state index in [9.17, 15) is 18.0 Å². The fourth-order valence-corrected chi connectivity index (χ4v) is 6.91. The van der Waals surface area contributed by atoms with E-state index >= 15 is 0 Å². The number of amides is 2. The molecule has 4 rings (SSSR count). The highest BCUT2D eigenvalue weighted by molar-refractivity contribution is 9.10. The Bertz CT molecular complexity index is 1730. The maximum absolute atomic E-state index is 14.7. The molecule has 0 saturated carbocycles. The summed E-state index contributed by atoms with van der Waals surface area (Å²) in [4.78, 5) is 30.2. The minimum Gasteiger partial charge on any atom is -0.492 e. The van der Waals surface area contributed by atoms with Crippen molar-refractivity contribution in [3.05, 3.63) is 125 Å². The average molecular weight is 707 g/mol. The second-order valence-corrected chi connectivity index (χ2v) is 14.6. The van der Waals surface area contributed by atoms with Crippen LogP contribution in [0, 0.1) is 0 Å². The minimum absolute atomic E-state index is 0.0268. The van der Waals surface area contributed by atoms with Crippen LogP contribution >= 0.6 is 15.9 Å². The molecule has 4 aromatic rings. The quantitative estimate of drug-likeness (QED) is 0.169. The molecular weight excluding hydrogens is 666 g/mol. The van der Waals surface area contributed by atoms with Gasteiger partial charge in [-0.25, -0.2) is 8.42 Å². The number of nitrogens with zero attached hydrogens (tertiary/aromatic N) is 2. The Kier molecular flexibility index (Phi) is 11.6. The topological polar surface area (TPSA) is 96.0 Å². The summed E-state index contributed by atoms with van der Waals surface area (Å²) < 4.78 is 36.2. The van der Waals surface area contributed by atoms with Crippen molar-refractivity contribution in [1.29, 1.82) is 0 Å². The molecule has 2 amide bonds. The van der Waals surface area contributed by atoms with E-state index in [-0.39, 0.29) is 29.5 Å². The van der Waals surface area contributed by atoms with Crippen LogP contribution in [0.1, 0.15) is 38.8 Å². The van der Waals surface area contributed by atoms with E-state index in [0.717, 1.165) is 19.9 Å². The predicted molar refractivity (Wildman–Crippen MR) is 185 cm³/mol. The first-order valence-electron chi connectivity index (χ1n) is 15.1. The number of anilines is 1. The van der Waals surface area contributed by atoms with Crippen molar-refractivity contribution in [2.24, 2.45) is 0 Å². The van der Waals surface area contributed by atoms with Crippen LogP contribution in [0.15, 0.2) is 119 Å². The van der Waals surface area contributed by atoms with Gasteiger partial charge in [-0.3, -0.25) is 13.9 Å². The standard InChI is InChI=1S/C36H40BrN3O5S/c1-5-45-33-22-13-12-21-31(33)40(46(43,44)30-19-10-7-11-20-30)26-34(41)39(25-28-17-14-18-29(37)23-28)32(35(42)38-36(2,3)4)24-27-15-8-6-9-16-27/h6-23,32H,5,24-26H2,1-4H3,(H,38,42)/t32-/m1/s1. The summed E-state index contributed by atoms with van der Waals surface area (Å²) >= 11 is 3.51. The molecule has 0 spiro atoms. The van der Waals surface area contributed by atoms with Crippen LogP contribution in [0.4, 0.5) is 5.69 Å². The molecule has 1 atom stereocenters. The lowest BCUT2D eigenvalue weighted by atomic mass is 10.0. The van der Waals surface area contributed by atoms with Crippen molar-refractivity contribution in [2.75, 3.05) is 17.5 Å². The lowest BCUT2D eigenvalue weighted by Gasteiger charge is -2.35. The van der Waals surface area contributed by atoms with Crippen LogP contribution in [0.3, 0.4) is 0 Å². The van der Waals surface area contributed by atoms with E-state index in [1.807, 2.05) is 75.4 Å². The van der Waals surface area contributed by atoms with Crippen molar-refractivity contribution in [1.82, 2.24) is 10.2 Å². The van der Waals surface area contributed by atoms with Crippen LogP contribution < -0.4 is 14.4 Å². The minimum atomic E-state index is -4.24. The molecule has 1 N–H and O–H groups in total. The zero-order valence-corrected chi connectivity index (χ0v) is 28.9. The second kappa shape index (κ2) is 15.4. The molecule has 0 heterocycles. The number of ether oxygens (including phenoxy) is 1. The lowest BCUT2D eigenvalue weighted by molar-refractivity contribution is -0.140. The van der Waals surface area contributed by atoms with Gasteiger partial charge in [-0.15, -0.1) is 0 Å². The Hall–Kier alpha value is -4.15. The van der Waals surface area contributed by atoms with Crippen LogP contribution in [-0.4, -0.2) is 49.9 Å². The Morgan fingerprint density at radius 2 is 1.46 bits per heavy atom. The summed E-state index contributed by atoms with van der Waals surface area (Å²) in [6.07, 6.45) is 0.226. The van der Waals surface area contributed by atoms with Gasteiger partial charge in [-0.1, -0.05) is 88.7 Å². The van der Waals surface area contributed by atoms with E-state index in [2.05, 4.69) is 21.2 Å². The van der Waals surface area contributed by atoms with Crippen molar-refractivity contribution in [3.8, 4) is 5.75 Å². The number of carbonyl (C=O) groups is 2. The van der Waals surface area contributed by atoms with E-state index in [4.69, 9.17) is 4.74 Å². The molecule has 0 saturated heterocycles. The van der Waals surface area contributed by atoms with Gasteiger partial charge >= 0.3 is 0 Å². The molecule has 8 nitrogen and oxygen atoms in total. The number of carbonyl (C=O) groups excluding carboxylic acids is 2. The van der Waals surface area contributed by atoms with Gasteiger partial charge in [-0.05, 0) is 75.2 Å². The van der Waals surface area contributed by atoms with Gasteiger partial charge in [-0.2, -0.15) is 0 Å². The summed E-state index contributed by atoms with van der Waals surface area (Å²) in [6, 6.07) is 30.7. The Morgan fingerprint density at radius 3 is 2.09 bits per heavy atom. The molecule has 242 valence electrons. The van der Waals surface area contributed by atoms with Gasteiger partial charge < -0.3 is 15.0 Å². The van der Waals surface area contributed by atoms with Crippen LogP contribution in [-0.2, 0) is 32.6 Å². The van der Waals surface area contributed by atoms with Crippen LogP contribution in [0.25, 0.3) is 0 Å². The normalized spacial score (nSPS) is 12.2. The van der Waals surface area contributed by atoms with E-state index in [1.54, 1.807) is 49.4 Å². The molecule has 46 heavy (non-hydrogen) atoms. The van der Waals surface area contributed by atoms with Crippen molar-refractivity contribution < 1.29 is 22.7 Å². The molecule has 0 unspecified atom stereocenters. The monoisotopic (exact) mass is 705 g/mol. The van der Waals surface area contributed by atoms with Crippen molar-refractivity contribution in [2.45, 2.75) is 57.1 Å². The molecule has 0 fully saturated rings. The predicted octanol–water partition coefficient (Wildman–Crippen LogP) is 6.60. The Morgan fingerprint density at radius 1 is 0.848 bits per heavy atom. The van der Waals surface area contributed by atoms with Gasteiger partial charge in [0.25, 0.3) is 10.0 Å². The molecule has 0 radical (unpaired) electrons. The summed E-state index contributed by atoms with van der Waals surface area (Å²) in [5.74, 6) is -0.565. The average Bonchev–Trinajstić information content (AvgIpc) is 3.02. The zero-order chi connectivity index (χ0) is 33.3. The molecule has 10 heteroatoms. The first kappa shape index (κ1) is 34.7. The zero-order valence-electron chi connectivity index (χ0n) is 26.5. The maximum Gasteiger partial charge on any atom is 0.264 e. The third-order valence-electron chi connectivity index (χ3n) is 7.06. The molecular formula is C36H40BrN3O5S. The lowest BCUT2D eigenvalue weighted by Crippen LogP contribution is -2.56. The highest BCUT2D eigenvalue weighted by atomic mass is 79.9. The molecule has 0 bridgehead atoms. The molecule has 0 aromatic heterocycles. The molecule has 4 aromatic carbocycles. The highest BCUT2D eigenvalue weighted by Crippen LogP contribution is 2.33. The van der Waals surface area contributed by atoms with Gasteiger partial charge in [0.1, 0.15) is 18.3 Å². The molecule has 0 aliphatic carbocycles. The summed E-state index contributed by atoms with van der Waals surface area (Å²) in [5.41, 5.74) is 1.29. The van der Waals surface area contributed by atoms with Gasteiger partial charge in [0.2, 0.25) is 11.8 Å². The summed E-state index contributed by atoms with van der Waals surface area (Å²) in [6.45, 7) is 7.24. The number of rotatable bonds is 13. The molecule has 0 aliphatic rings. The number of hydrogen-bond acceptors (Lipinski definition) is 5. The molecule has 0 aliphatic heterocycles. The maximum atomic E-state index is 14.7. The Balaban J connectivity index is 1.85. The summed E-state index contributed by atoms with van der Waals surface area (Å²) in [7, 11) is -4.24. The smallest absolute Gasteiger partial charge is 0.264 e. The van der Waals surface area contributed by atoms with E-state index in [0.29, 0.717) is 12.4 Å². The third-order valence-corrected chi connectivity index (χ3v) is 9.32. The number of nitrogens with one attached hydrogen (secondary N) is 1. The van der Waals surface area contributed by atoms with Crippen LogP contribution in [0.5, 0.6) is 5.75 Å². The second-order valence-electron chi connectivity index (χ2n) is 11.8.